The van der Waals surface area contributed by atoms with E-state index in [1.807, 2.05) is 24.3 Å². The lowest BCUT2D eigenvalue weighted by atomic mass is 10.3. The van der Waals surface area contributed by atoms with Gasteiger partial charge in [0.25, 0.3) is 0 Å². The van der Waals surface area contributed by atoms with E-state index in [-0.39, 0.29) is 6.04 Å². The molecule has 0 saturated carbocycles. The molecule has 2 rings (SSSR count). The number of thioether (sulfide) groups is 1. The molecular weight excluding hydrogens is 387 g/mol. The minimum Gasteiger partial charge on any atom is -0.271 e. The van der Waals surface area contributed by atoms with Crippen LogP contribution in [0.2, 0.25) is 0 Å². The Labute approximate surface area is 136 Å². The number of nitrogens with one attached hydrogen (secondary N) is 1. The molecule has 3 N–H and O–H groups in total. The highest BCUT2D eigenvalue weighted by atomic mass is 79.9. The normalized spacial score (nSPS) is 13.4. The maximum atomic E-state index is 12.5. The van der Waals surface area contributed by atoms with Gasteiger partial charge in [0.1, 0.15) is 0 Å². The molecule has 0 fully saturated rings. The van der Waals surface area contributed by atoms with Crippen molar-refractivity contribution in [3.8, 4) is 0 Å². The molecule has 114 valence electrons. The van der Waals surface area contributed by atoms with Crippen LogP contribution in [0.15, 0.2) is 39.8 Å². The van der Waals surface area contributed by atoms with Crippen molar-refractivity contribution in [3.63, 3.8) is 0 Å². The number of rotatable bonds is 5. The molecule has 2 aromatic rings. The second-order valence-electron chi connectivity index (χ2n) is 4.05. The Bertz CT molecular complexity index is 603. The van der Waals surface area contributed by atoms with Crippen molar-refractivity contribution in [2.75, 3.05) is 5.75 Å². The van der Waals surface area contributed by atoms with Crippen molar-refractivity contribution in [1.82, 2.24) is 10.4 Å². The summed E-state index contributed by atoms with van der Waals surface area (Å²) < 4.78 is 38.6. The zero-order chi connectivity index (χ0) is 15.5. The standard InChI is InChI=1S/C12H11BrF3N3S2/c13-7-2-1-3-8(4-7)20-6-9(19-17)10-5-18-11(21-10)12(14,15)16/h1-5,9,19H,6,17H2. The number of benzene rings is 1. The monoisotopic (exact) mass is 397 g/mol. The quantitative estimate of drug-likeness (QED) is 0.450. The van der Waals surface area contributed by atoms with E-state index >= 15 is 0 Å². The van der Waals surface area contributed by atoms with Gasteiger partial charge in [0.2, 0.25) is 0 Å². The van der Waals surface area contributed by atoms with Crippen LogP contribution in [0.3, 0.4) is 0 Å². The molecule has 0 amide bonds. The average Bonchev–Trinajstić information content (AvgIpc) is 2.89. The fourth-order valence-electron chi connectivity index (χ4n) is 1.53. The summed E-state index contributed by atoms with van der Waals surface area (Å²) in [6.07, 6.45) is -3.20. The van der Waals surface area contributed by atoms with Crippen molar-refractivity contribution < 1.29 is 13.2 Å². The van der Waals surface area contributed by atoms with Crippen molar-refractivity contribution >= 4 is 39.0 Å². The molecule has 1 heterocycles. The van der Waals surface area contributed by atoms with Crippen LogP contribution in [0.25, 0.3) is 0 Å². The number of nitrogens with two attached hydrogens (primary N) is 1. The topological polar surface area (TPSA) is 50.9 Å². The first-order chi connectivity index (χ1) is 9.90. The number of alkyl halides is 3. The fourth-order valence-corrected chi connectivity index (χ4v) is 4.05. The third kappa shape index (κ3) is 4.68. The predicted molar refractivity (Wildman–Crippen MR) is 82.0 cm³/mol. The molecule has 0 spiro atoms. The molecule has 1 atom stereocenters. The number of thiazole rings is 1. The van der Waals surface area contributed by atoms with Crippen LogP contribution in [0, 0.1) is 0 Å². The van der Waals surface area contributed by atoms with Gasteiger partial charge in [-0.2, -0.15) is 13.2 Å². The summed E-state index contributed by atoms with van der Waals surface area (Å²) in [4.78, 5) is 4.88. The number of hydrazine groups is 1. The summed E-state index contributed by atoms with van der Waals surface area (Å²) >= 11 is 5.48. The molecule has 1 aromatic heterocycles. The van der Waals surface area contributed by atoms with Gasteiger partial charge in [0, 0.05) is 26.2 Å². The first kappa shape index (κ1) is 16.8. The van der Waals surface area contributed by atoms with E-state index < -0.39 is 11.2 Å². The Hall–Kier alpha value is -0.610. The summed E-state index contributed by atoms with van der Waals surface area (Å²) in [6, 6.07) is 7.28. The van der Waals surface area contributed by atoms with E-state index in [0.717, 1.165) is 9.37 Å². The number of halogens is 4. The lowest BCUT2D eigenvalue weighted by Gasteiger charge is -2.13. The minimum absolute atomic E-state index is 0.386. The van der Waals surface area contributed by atoms with Gasteiger partial charge in [0.15, 0.2) is 5.01 Å². The molecular formula is C12H11BrF3N3S2. The van der Waals surface area contributed by atoms with Gasteiger partial charge in [-0.3, -0.25) is 11.3 Å². The van der Waals surface area contributed by atoms with Crippen molar-refractivity contribution in [1.29, 1.82) is 0 Å². The summed E-state index contributed by atoms with van der Waals surface area (Å²) in [7, 11) is 0. The van der Waals surface area contributed by atoms with E-state index in [1.54, 1.807) is 0 Å². The second-order valence-corrected chi connectivity index (χ2v) is 7.12. The number of nitrogens with zero attached hydrogens (tertiary/aromatic N) is 1. The summed E-state index contributed by atoms with van der Waals surface area (Å²) in [5.41, 5.74) is 2.54. The summed E-state index contributed by atoms with van der Waals surface area (Å²) in [6.45, 7) is 0. The van der Waals surface area contributed by atoms with E-state index in [2.05, 4.69) is 26.3 Å². The van der Waals surface area contributed by atoms with E-state index in [4.69, 9.17) is 5.84 Å². The van der Waals surface area contributed by atoms with Gasteiger partial charge >= 0.3 is 6.18 Å². The Kier molecular flexibility index (Phi) is 5.67. The molecule has 21 heavy (non-hydrogen) atoms. The maximum absolute atomic E-state index is 12.5. The fraction of sp³-hybridized carbons (Fsp3) is 0.250. The highest BCUT2D eigenvalue weighted by molar-refractivity contribution is 9.10. The van der Waals surface area contributed by atoms with Crippen molar-refractivity contribution in [2.24, 2.45) is 5.84 Å². The maximum Gasteiger partial charge on any atom is 0.443 e. The molecule has 9 heteroatoms. The molecule has 0 aliphatic heterocycles. The predicted octanol–water partition coefficient (Wildman–Crippen LogP) is 4.22. The van der Waals surface area contributed by atoms with Crippen molar-refractivity contribution in [3.05, 3.63) is 44.8 Å². The van der Waals surface area contributed by atoms with Crippen LogP contribution in [-0.4, -0.2) is 10.7 Å². The van der Waals surface area contributed by atoms with Gasteiger partial charge in [-0.25, -0.2) is 4.98 Å². The van der Waals surface area contributed by atoms with Crippen LogP contribution >= 0.6 is 39.0 Å². The number of hydrogen-bond donors (Lipinski definition) is 2. The lowest BCUT2D eigenvalue weighted by molar-refractivity contribution is -0.137. The van der Waals surface area contributed by atoms with Gasteiger partial charge in [-0.15, -0.1) is 23.1 Å². The van der Waals surface area contributed by atoms with Crippen LogP contribution in [0.5, 0.6) is 0 Å². The molecule has 0 saturated heterocycles. The van der Waals surface area contributed by atoms with E-state index in [1.165, 1.54) is 18.0 Å². The van der Waals surface area contributed by atoms with E-state index in [9.17, 15) is 13.2 Å². The molecule has 0 aliphatic rings. The van der Waals surface area contributed by atoms with Crippen LogP contribution < -0.4 is 11.3 Å². The van der Waals surface area contributed by atoms with Gasteiger partial charge in [-0.05, 0) is 18.2 Å². The van der Waals surface area contributed by atoms with E-state index in [0.29, 0.717) is 22.0 Å². The number of hydrogen-bond acceptors (Lipinski definition) is 5. The summed E-state index contributed by atoms with van der Waals surface area (Å²) in [5.74, 6) is 5.95. The molecule has 1 aromatic carbocycles. The Balaban J connectivity index is 2.05. The Morgan fingerprint density at radius 2 is 2.19 bits per heavy atom. The zero-order valence-corrected chi connectivity index (χ0v) is 13.7. The second kappa shape index (κ2) is 7.10. The average molecular weight is 398 g/mol. The van der Waals surface area contributed by atoms with Gasteiger partial charge in [0.05, 0.1) is 6.04 Å². The Morgan fingerprint density at radius 3 is 2.76 bits per heavy atom. The lowest BCUT2D eigenvalue weighted by Crippen LogP contribution is -2.29. The molecule has 1 unspecified atom stereocenters. The molecule has 0 bridgehead atoms. The highest BCUT2D eigenvalue weighted by Gasteiger charge is 2.35. The largest absolute Gasteiger partial charge is 0.443 e. The third-order valence-corrected chi connectivity index (χ3v) is 5.26. The smallest absolute Gasteiger partial charge is 0.271 e. The first-order valence-electron chi connectivity index (χ1n) is 5.77. The van der Waals surface area contributed by atoms with Crippen LogP contribution in [0.1, 0.15) is 15.9 Å². The highest BCUT2D eigenvalue weighted by Crippen LogP contribution is 2.35. The zero-order valence-electron chi connectivity index (χ0n) is 10.5. The Morgan fingerprint density at radius 1 is 1.43 bits per heavy atom. The number of aromatic nitrogens is 1. The van der Waals surface area contributed by atoms with Gasteiger partial charge in [-0.1, -0.05) is 22.0 Å². The molecule has 3 nitrogen and oxygen atoms in total. The molecule has 0 aliphatic carbocycles. The van der Waals surface area contributed by atoms with Crippen molar-refractivity contribution in [2.45, 2.75) is 17.1 Å². The van der Waals surface area contributed by atoms with Gasteiger partial charge < -0.3 is 0 Å². The minimum atomic E-state index is -4.42. The summed E-state index contributed by atoms with van der Waals surface area (Å²) in [5, 5.41) is -0.856. The third-order valence-electron chi connectivity index (χ3n) is 2.52. The SMILES string of the molecule is NNC(CSc1cccc(Br)c1)c1cnc(C(F)(F)F)s1. The van der Waals surface area contributed by atoms with Crippen LogP contribution in [-0.2, 0) is 6.18 Å². The van der Waals surface area contributed by atoms with Crippen LogP contribution in [0.4, 0.5) is 13.2 Å². The first-order valence-corrected chi connectivity index (χ1v) is 8.37. The molecule has 0 radical (unpaired) electrons.